The van der Waals surface area contributed by atoms with Crippen molar-refractivity contribution in [2.75, 3.05) is 17.7 Å². The Bertz CT molecular complexity index is 807. The molecule has 2 amide bonds. The van der Waals surface area contributed by atoms with E-state index in [9.17, 15) is 9.59 Å². The minimum Gasteiger partial charge on any atom is -0.378 e. The van der Waals surface area contributed by atoms with Gasteiger partial charge < -0.3 is 15.4 Å². The van der Waals surface area contributed by atoms with Gasteiger partial charge in [0.2, 0.25) is 5.91 Å². The summed E-state index contributed by atoms with van der Waals surface area (Å²) in [6, 6.07) is 14.6. The molecule has 0 atom stereocenters. The zero-order chi connectivity index (χ0) is 18.6. The Hall–Kier alpha value is -2.66. The van der Waals surface area contributed by atoms with Crippen LogP contribution in [0.15, 0.2) is 48.5 Å². The number of rotatable bonds is 6. The molecule has 0 saturated heterocycles. The van der Waals surface area contributed by atoms with Gasteiger partial charge in [-0.15, -0.1) is 0 Å². The molecule has 0 bridgehead atoms. The van der Waals surface area contributed by atoms with Gasteiger partial charge in [0.1, 0.15) is 0 Å². The zero-order valence-corrected chi connectivity index (χ0v) is 15.2. The molecule has 0 heterocycles. The molecule has 1 aliphatic rings. The molecular weight excluding hydrogens is 328 g/mol. The summed E-state index contributed by atoms with van der Waals surface area (Å²) >= 11 is 0. The number of para-hydroxylation sites is 1. The van der Waals surface area contributed by atoms with Crippen LogP contribution in [-0.2, 0) is 9.53 Å². The van der Waals surface area contributed by atoms with Crippen molar-refractivity contribution in [3.63, 3.8) is 0 Å². The van der Waals surface area contributed by atoms with Gasteiger partial charge in [0.05, 0.1) is 23.3 Å². The predicted molar refractivity (Wildman–Crippen MR) is 102 cm³/mol. The van der Waals surface area contributed by atoms with Crippen LogP contribution in [0.5, 0.6) is 0 Å². The van der Waals surface area contributed by atoms with E-state index in [4.69, 9.17) is 4.74 Å². The van der Waals surface area contributed by atoms with E-state index < -0.39 is 0 Å². The van der Waals surface area contributed by atoms with Gasteiger partial charge in [0.25, 0.3) is 5.91 Å². The number of benzene rings is 2. The molecule has 3 rings (SSSR count). The molecular formula is C21H24N2O3. The molecule has 5 heteroatoms. The van der Waals surface area contributed by atoms with E-state index in [1.165, 1.54) is 0 Å². The molecule has 1 fully saturated rings. The van der Waals surface area contributed by atoms with Crippen molar-refractivity contribution in [3.8, 4) is 0 Å². The third-order valence-corrected chi connectivity index (χ3v) is 4.90. The molecule has 136 valence electrons. The van der Waals surface area contributed by atoms with Crippen LogP contribution in [0.25, 0.3) is 0 Å². The molecule has 1 saturated carbocycles. The highest BCUT2D eigenvalue weighted by Gasteiger charge is 2.39. The molecule has 0 unspecified atom stereocenters. The number of hydrogen-bond donors (Lipinski definition) is 2. The van der Waals surface area contributed by atoms with Gasteiger partial charge in [-0.3, -0.25) is 9.59 Å². The summed E-state index contributed by atoms with van der Waals surface area (Å²) in [6.45, 7) is 1.97. The third-order valence-electron chi connectivity index (χ3n) is 4.90. The van der Waals surface area contributed by atoms with Gasteiger partial charge in [0.15, 0.2) is 0 Å². The first kappa shape index (κ1) is 18.1. The van der Waals surface area contributed by atoms with Crippen LogP contribution in [0.3, 0.4) is 0 Å². The second kappa shape index (κ2) is 7.70. The summed E-state index contributed by atoms with van der Waals surface area (Å²) in [6.07, 6.45) is 3.17. The summed E-state index contributed by atoms with van der Waals surface area (Å²) in [7, 11) is 1.65. The van der Waals surface area contributed by atoms with E-state index >= 15 is 0 Å². The average molecular weight is 352 g/mol. The number of anilines is 2. The van der Waals surface area contributed by atoms with Crippen LogP contribution >= 0.6 is 0 Å². The lowest BCUT2D eigenvalue weighted by molar-refractivity contribution is -0.129. The SMILES string of the molecule is COC1(CC(=O)Nc2ccccc2C(=O)Nc2cccc(C)c2)CCC1. The number of methoxy groups -OCH3 is 1. The van der Waals surface area contributed by atoms with E-state index in [1.54, 1.807) is 31.4 Å². The van der Waals surface area contributed by atoms with Crippen molar-refractivity contribution in [2.45, 2.75) is 38.2 Å². The van der Waals surface area contributed by atoms with Crippen molar-refractivity contribution in [2.24, 2.45) is 0 Å². The Morgan fingerprint density at radius 1 is 1.08 bits per heavy atom. The lowest BCUT2D eigenvalue weighted by Crippen LogP contribution is -2.42. The molecule has 2 N–H and O–H groups in total. The van der Waals surface area contributed by atoms with Gasteiger partial charge in [-0.2, -0.15) is 0 Å². The highest BCUT2D eigenvalue weighted by Crippen LogP contribution is 2.38. The summed E-state index contributed by atoms with van der Waals surface area (Å²) in [5, 5.41) is 5.75. The van der Waals surface area contributed by atoms with Crippen LogP contribution in [0.1, 0.15) is 41.6 Å². The van der Waals surface area contributed by atoms with Crippen LogP contribution in [-0.4, -0.2) is 24.5 Å². The molecule has 2 aromatic rings. The van der Waals surface area contributed by atoms with E-state index in [-0.39, 0.29) is 17.4 Å². The minimum absolute atomic E-state index is 0.137. The number of hydrogen-bond acceptors (Lipinski definition) is 3. The van der Waals surface area contributed by atoms with Crippen molar-refractivity contribution >= 4 is 23.2 Å². The monoisotopic (exact) mass is 352 g/mol. The maximum absolute atomic E-state index is 12.6. The molecule has 26 heavy (non-hydrogen) atoms. The van der Waals surface area contributed by atoms with E-state index in [2.05, 4.69) is 10.6 Å². The molecule has 0 spiro atoms. The number of carbonyl (C=O) groups excluding carboxylic acids is 2. The summed E-state index contributed by atoms with van der Waals surface area (Å²) in [5.74, 6) is -0.390. The smallest absolute Gasteiger partial charge is 0.257 e. The first-order valence-electron chi connectivity index (χ1n) is 8.83. The van der Waals surface area contributed by atoms with Crippen molar-refractivity contribution in [1.82, 2.24) is 0 Å². The van der Waals surface area contributed by atoms with E-state index in [0.29, 0.717) is 17.7 Å². The topological polar surface area (TPSA) is 67.4 Å². The van der Waals surface area contributed by atoms with Crippen molar-refractivity contribution in [3.05, 3.63) is 59.7 Å². The van der Waals surface area contributed by atoms with Gasteiger partial charge in [0, 0.05) is 12.8 Å². The fourth-order valence-corrected chi connectivity index (χ4v) is 3.22. The van der Waals surface area contributed by atoms with Crippen molar-refractivity contribution in [1.29, 1.82) is 0 Å². The van der Waals surface area contributed by atoms with Gasteiger partial charge in [-0.05, 0) is 56.0 Å². The summed E-state index contributed by atoms with van der Waals surface area (Å²) in [5.41, 5.74) is 2.39. The maximum atomic E-state index is 12.6. The minimum atomic E-state index is -0.344. The van der Waals surface area contributed by atoms with Crippen molar-refractivity contribution < 1.29 is 14.3 Å². The number of aryl methyl sites for hydroxylation is 1. The lowest BCUT2D eigenvalue weighted by Gasteiger charge is -2.39. The normalized spacial score (nSPS) is 15.0. The quantitative estimate of drug-likeness (QED) is 0.821. The first-order chi connectivity index (χ1) is 12.5. The molecule has 0 radical (unpaired) electrons. The molecule has 0 aromatic heterocycles. The standard InChI is InChI=1S/C21H24N2O3/c1-15-7-5-8-16(13-15)22-20(25)17-9-3-4-10-18(17)23-19(24)14-21(26-2)11-6-12-21/h3-5,7-10,13H,6,11-12,14H2,1-2H3,(H,22,25)(H,23,24). The van der Waals surface area contributed by atoms with Gasteiger partial charge in [-0.25, -0.2) is 0 Å². The molecule has 0 aliphatic heterocycles. The molecule has 5 nitrogen and oxygen atoms in total. The van der Waals surface area contributed by atoms with Gasteiger partial charge >= 0.3 is 0 Å². The number of amides is 2. The van der Waals surface area contributed by atoms with Crippen LogP contribution in [0.4, 0.5) is 11.4 Å². The van der Waals surface area contributed by atoms with Gasteiger partial charge in [-0.1, -0.05) is 24.3 Å². The number of ether oxygens (including phenoxy) is 1. The van der Waals surface area contributed by atoms with E-state index in [0.717, 1.165) is 30.5 Å². The number of nitrogens with one attached hydrogen (secondary N) is 2. The lowest BCUT2D eigenvalue weighted by atomic mass is 9.77. The average Bonchev–Trinajstić information content (AvgIpc) is 2.58. The summed E-state index contributed by atoms with van der Waals surface area (Å²) in [4.78, 5) is 25.1. The van der Waals surface area contributed by atoms with Crippen LogP contribution in [0.2, 0.25) is 0 Å². The second-order valence-electron chi connectivity index (χ2n) is 6.83. The highest BCUT2D eigenvalue weighted by molar-refractivity contribution is 6.10. The number of carbonyl (C=O) groups is 2. The Balaban J connectivity index is 1.71. The maximum Gasteiger partial charge on any atom is 0.257 e. The summed E-state index contributed by atoms with van der Waals surface area (Å²) < 4.78 is 5.51. The fourth-order valence-electron chi connectivity index (χ4n) is 3.22. The van der Waals surface area contributed by atoms with Crippen LogP contribution in [0, 0.1) is 6.92 Å². The second-order valence-corrected chi connectivity index (χ2v) is 6.83. The Morgan fingerprint density at radius 3 is 2.50 bits per heavy atom. The Labute approximate surface area is 153 Å². The fraction of sp³-hybridized carbons (Fsp3) is 0.333. The third kappa shape index (κ3) is 4.11. The Morgan fingerprint density at radius 2 is 1.85 bits per heavy atom. The Kier molecular flexibility index (Phi) is 5.38. The predicted octanol–water partition coefficient (Wildman–Crippen LogP) is 4.15. The first-order valence-corrected chi connectivity index (χ1v) is 8.83. The molecule has 2 aromatic carbocycles. The zero-order valence-electron chi connectivity index (χ0n) is 15.2. The van der Waals surface area contributed by atoms with Crippen LogP contribution < -0.4 is 10.6 Å². The molecule has 1 aliphatic carbocycles. The van der Waals surface area contributed by atoms with E-state index in [1.807, 2.05) is 31.2 Å². The highest BCUT2D eigenvalue weighted by atomic mass is 16.5. The largest absolute Gasteiger partial charge is 0.378 e.